The van der Waals surface area contributed by atoms with E-state index in [1.165, 1.54) is 0 Å². The maximum absolute atomic E-state index is 12.2. The number of aromatic nitrogens is 2. The van der Waals surface area contributed by atoms with Gasteiger partial charge in [0.05, 0.1) is 12.5 Å². The molecular weight excluding hydrogens is 290 g/mol. The Morgan fingerprint density at radius 2 is 2.05 bits per heavy atom. The summed E-state index contributed by atoms with van der Waals surface area (Å²) in [6.07, 6.45) is 0. The number of ether oxygens (including phenoxy) is 1. The Morgan fingerprint density at radius 3 is 2.71 bits per heavy atom. The zero-order chi connectivity index (χ0) is 15.2. The van der Waals surface area contributed by atoms with Crippen LogP contribution in [0.2, 0.25) is 0 Å². The quantitative estimate of drug-likeness (QED) is 0.858. The summed E-state index contributed by atoms with van der Waals surface area (Å²) in [5, 5.41) is 6.69. The van der Waals surface area contributed by atoms with Crippen LogP contribution in [-0.4, -0.2) is 28.1 Å². The highest BCUT2D eigenvalue weighted by Gasteiger charge is 2.22. The number of hydrogen-bond donors (Lipinski definition) is 1. The minimum Gasteiger partial charge on any atom is -0.461 e. The van der Waals surface area contributed by atoms with Gasteiger partial charge in [-0.05, 0) is 19.4 Å². The van der Waals surface area contributed by atoms with E-state index in [-0.39, 0.29) is 24.1 Å². The van der Waals surface area contributed by atoms with Gasteiger partial charge in [-0.15, -0.1) is 5.10 Å². The highest BCUT2D eigenvalue weighted by Crippen LogP contribution is 2.22. The normalized spacial score (nSPS) is 11.7. The number of carbonyl (C=O) groups excluding carboxylic acids is 2. The van der Waals surface area contributed by atoms with E-state index < -0.39 is 5.97 Å². The third kappa shape index (κ3) is 3.63. The lowest BCUT2D eigenvalue weighted by molar-refractivity contribution is -0.117. The maximum atomic E-state index is 12.2. The maximum Gasteiger partial charge on any atom is 0.362 e. The fraction of sp³-hybridized carbons (Fsp3) is 0.286. The third-order valence-electron chi connectivity index (χ3n) is 2.89. The van der Waals surface area contributed by atoms with Crippen LogP contribution in [0.1, 0.15) is 35.8 Å². The van der Waals surface area contributed by atoms with Crippen molar-refractivity contribution in [2.45, 2.75) is 19.8 Å². The fourth-order valence-corrected chi connectivity index (χ4v) is 2.28. The van der Waals surface area contributed by atoms with E-state index in [2.05, 4.69) is 14.9 Å². The first kappa shape index (κ1) is 15.1. The molecule has 0 aliphatic carbocycles. The monoisotopic (exact) mass is 305 g/mol. The number of rotatable bonds is 5. The Hall–Kier alpha value is -2.28. The van der Waals surface area contributed by atoms with Crippen molar-refractivity contribution in [1.82, 2.24) is 9.59 Å². The highest BCUT2D eigenvalue weighted by atomic mass is 32.1. The average molecular weight is 305 g/mol. The number of nitrogens with zero attached hydrogens (tertiary/aromatic N) is 2. The smallest absolute Gasteiger partial charge is 0.362 e. The SMILES string of the molecule is CCOC(=O)c1nnsc1NC(=O)C(C)c1ccccc1. The first-order valence-electron chi connectivity index (χ1n) is 6.48. The lowest BCUT2D eigenvalue weighted by Gasteiger charge is -2.11. The summed E-state index contributed by atoms with van der Waals surface area (Å²) in [6.45, 7) is 3.74. The standard InChI is InChI=1S/C14H15N3O3S/c1-3-20-14(19)11-13(21-17-16-11)15-12(18)9(2)10-7-5-4-6-8-10/h4-9H,3H2,1-2H3,(H,15,18). The van der Waals surface area contributed by atoms with Gasteiger partial charge >= 0.3 is 5.97 Å². The van der Waals surface area contributed by atoms with Crippen LogP contribution in [0.15, 0.2) is 30.3 Å². The fourth-order valence-electron chi connectivity index (χ4n) is 1.72. The molecule has 0 bridgehead atoms. The Labute approximate surface area is 126 Å². The minimum absolute atomic E-state index is 0.0375. The number of hydrogen-bond acceptors (Lipinski definition) is 6. The first-order chi connectivity index (χ1) is 10.1. The Kier molecular flexibility index (Phi) is 4.99. The lowest BCUT2D eigenvalue weighted by atomic mass is 10.0. The summed E-state index contributed by atoms with van der Waals surface area (Å²) in [5.74, 6) is -1.16. The van der Waals surface area contributed by atoms with Crippen molar-refractivity contribution < 1.29 is 14.3 Å². The minimum atomic E-state index is -0.589. The van der Waals surface area contributed by atoms with Crippen LogP contribution in [0.4, 0.5) is 5.00 Å². The topological polar surface area (TPSA) is 81.2 Å². The Balaban J connectivity index is 2.10. The molecule has 0 saturated heterocycles. The number of benzene rings is 1. The van der Waals surface area contributed by atoms with E-state index in [1.807, 2.05) is 30.3 Å². The molecule has 0 radical (unpaired) electrons. The van der Waals surface area contributed by atoms with Gasteiger partial charge in [0.25, 0.3) is 0 Å². The number of nitrogens with one attached hydrogen (secondary N) is 1. The van der Waals surface area contributed by atoms with E-state index in [0.717, 1.165) is 17.1 Å². The van der Waals surface area contributed by atoms with E-state index in [0.29, 0.717) is 5.00 Å². The Morgan fingerprint density at radius 1 is 1.33 bits per heavy atom. The second kappa shape index (κ2) is 6.94. The molecule has 1 N–H and O–H groups in total. The van der Waals surface area contributed by atoms with Crippen molar-refractivity contribution >= 4 is 28.4 Å². The summed E-state index contributed by atoms with van der Waals surface area (Å²) in [4.78, 5) is 23.9. The predicted molar refractivity (Wildman–Crippen MR) is 79.4 cm³/mol. The molecule has 0 fully saturated rings. The summed E-state index contributed by atoms with van der Waals surface area (Å²) >= 11 is 0.951. The van der Waals surface area contributed by atoms with E-state index in [1.54, 1.807) is 13.8 Å². The molecule has 2 aromatic rings. The van der Waals surface area contributed by atoms with Gasteiger partial charge in [-0.3, -0.25) is 4.79 Å². The molecular formula is C14H15N3O3S. The largest absolute Gasteiger partial charge is 0.461 e. The molecule has 0 spiro atoms. The van der Waals surface area contributed by atoms with Gasteiger partial charge in [-0.2, -0.15) is 0 Å². The zero-order valence-electron chi connectivity index (χ0n) is 11.7. The van der Waals surface area contributed by atoms with E-state index in [4.69, 9.17) is 4.74 Å². The molecule has 0 aliphatic heterocycles. The van der Waals surface area contributed by atoms with Crippen LogP contribution in [0, 0.1) is 0 Å². The number of amides is 1. The van der Waals surface area contributed by atoms with Crippen LogP contribution in [-0.2, 0) is 9.53 Å². The molecule has 21 heavy (non-hydrogen) atoms. The summed E-state index contributed by atoms with van der Waals surface area (Å²) in [7, 11) is 0. The van der Waals surface area contributed by atoms with Crippen molar-refractivity contribution in [3.8, 4) is 0 Å². The molecule has 7 heteroatoms. The van der Waals surface area contributed by atoms with Crippen molar-refractivity contribution in [3.63, 3.8) is 0 Å². The van der Waals surface area contributed by atoms with E-state index in [9.17, 15) is 9.59 Å². The molecule has 6 nitrogen and oxygen atoms in total. The van der Waals surface area contributed by atoms with E-state index >= 15 is 0 Å². The molecule has 0 saturated carbocycles. The summed E-state index contributed by atoms with van der Waals surface area (Å²) in [5.41, 5.74) is 0.931. The van der Waals surface area contributed by atoms with Crippen LogP contribution in [0.5, 0.6) is 0 Å². The number of esters is 1. The van der Waals surface area contributed by atoms with Crippen molar-refractivity contribution in [2.24, 2.45) is 0 Å². The van der Waals surface area contributed by atoms with Crippen LogP contribution in [0.3, 0.4) is 0 Å². The number of carbonyl (C=O) groups is 2. The van der Waals surface area contributed by atoms with Crippen molar-refractivity contribution in [3.05, 3.63) is 41.6 Å². The molecule has 1 amide bonds. The predicted octanol–water partition coefficient (Wildman–Crippen LogP) is 2.46. The van der Waals surface area contributed by atoms with Crippen molar-refractivity contribution in [2.75, 3.05) is 11.9 Å². The molecule has 2 rings (SSSR count). The van der Waals surface area contributed by atoms with Gasteiger partial charge in [0, 0.05) is 11.5 Å². The lowest BCUT2D eigenvalue weighted by Crippen LogP contribution is -2.20. The average Bonchev–Trinajstić information content (AvgIpc) is 2.95. The van der Waals surface area contributed by atoms with Gasteiger partial charge in [0.1, 0.15) is 0 Å². The van der Waals surface area contributed by atoms with Gasteiger partial charge in [-0.25, -0.2) is 4.79 Å². The first-order valence-corrected chi connectivity index (χ1v) is 7.26. The Bertz CT molecular complexity index is 627. The van der Waals surface area contributed by atoms with Gasteiger partial charge < -0.3 is 10.1 Å². The third-order valence-corrected chi connectivity index (χ3v) is 3.53. The number of anilines is 1. The van der Waals surface area contributed by atoms with Gasteiger partial charge in [-0.1, -0.05) is 34.8 Å². The summed E-state index contributed by atoms with van der Waals surface area (Å²) < 4.78 is 8.55. The van der Waals surface area contributed by atoms with Crippen molar-refractivity contribution in [1.29, 1.82) is 0 Å². The highest BCUT2D eigenvalue weighted by molar-refractivity contribution is 7.10. The van der Waals surface area contributed by atoms with Crippen LogP contribution < -0.4 is 5.32 Å². The molecule has 1 aromatic heterocycles. The van der Waals surface area contributed by atoms with Crippen LogP contribution in [0.25, 0.3) is 0 Å². The molecule has 0 aliphatic rings. The molecule has 1 atom stereocenters. The van der Waals surface area contributed by atoms with Gasteiger partial charge in [0.15, 0.2) is 5.00 Å². The molecule has 1 heterocycles. The van der Waals surface area contributed by atoms with Crippen LogP contribution >= 0.6 is 11.5 Å². The molecule has 1 aromatic carbocycles. The zero-order valence-corrected chi connectivity index (χ0v) is 12.5. The second-order valence-corrected chi connectivity index (χ2v) is 5.05. The molecule has 1 unspecified atom stereocenters. The second-order valence-electron chi connectivity index (χ2n) is 4.29. The summed E-state index contributed by atoms with van der Waals surface area (Å²) in [6, 6.07) is 9.39. The van der Waals surface area contributed by atoms with Gasteiger partial charge in [0.2, 0.25) is 11.6 Å². The molecule has 110 valence electrons.